The van der Waals surface area contributed by atoms with Crippen LogP contribution in [0.2, 0.25) is 0 Å². The van der Waals surface area contributed by atoms with E-state index in [-0.39, 0.29) is 23.9 Å². The van der Waals surface area contributed by atoms with Crippen molar-refractivity contribution < 1.29 is 14.6 Å². The zero-order valence-corrected chi connectivity index (χ0v) is 11.8. The van der Waals surface area contributed by atoms with Crippen LogP contribution in [0.5, 0.6) is 0 Å². The van der Waals surface area contributed by atoms with Crippen molar-refractivity contribution in [2.75, 3.05) is 0 Å². The molecule has 2 fully saturated rings. The minimum Gasteiger partial charge on any atom is -0.463 e. The second-order valence-electron chi connectivity index (χ2n) is 6.61. The molecule has 2 aliphatic carbocycles. The molecule has 104 valence electrons. The number of hydrogen-bond acceptors (Lipinski definition) is 3. The molecule has 0 aromatic carbocycles. The molecule has 0 saturated heterocycles. The summed E-state index contributed by atoms with van der Waals surface area (Å²) < 4.78 is 5.32. The molecule has 0 heterocycles. The summed E-state index contributed by atoms with van der Waals surface area (Å²) >= 11 is 0. The topological polar surface area (TPSA) is 46.5 Å². The fraction of sp³-hybridized carbons (Fsp3) is 0.933. The second kappa shape index (κ2) is 5.20. The van der Waals surface area contributed by atoms with Crippen LogP contribution in [0, 0.1) is 17.8 Å². The summed E-state index contributed by atoms with van der Waals surface area (Å²) in [5.41, 5.74) is -0.584. The minimum absolute atomic E-state index is 0.00164. The number of carbonyl (C=O) groups excluding carboxylic acids is 1. The highest BCUT2D eigenvalue weighted by Gasteiger charge is 2.45. The van der Waals surface area contributed by atoms with Crippen molar-refractivity contribution in [2.24, 2.45) is 17.8 Å². The van der Waals surface area contributed by atoms with Crippen LogP contribution < -0.4 is 0 Å². The van der Waals surface area contributed by atoms with Crippen LogP contribution in [0.25, 0.3) is 0 Å². The third-order valence-electron chi connectivity index (χ3n) is 4.74. The third-order valence-corrected chi connectivity index (χ3v) is 4.74. The van der Waals surface area contributed by atoms with E-state index in [4.69, 9.17) is 4.74 Å². The summed E-state index contributed by atoms with van der Waals surface area (Å²) in [6, 6.07) is 0. The van der Waals surface area contributed by atoms with E-state index in [9.17, 15) is 9.90 Å². The molecule has 0 aromatic rings. The molecule has 2 rings (SSSR count). The van der Waals surface area contributed by atoms with Crippen molar-refractivity contribution >= 4 is 5.97 Å². The zero-order valence-electron chi connectivity index (χ0n) is 11.8. The Balaban J connectivity index is 2.00. The highest BCUT2D eigenvalue weighted by atomic mass is 16.5. The molecule has 0 aliphatic heterocycles. The Morgan fingerprint density at radius 2 is 2.06 bits per heavy atom. The predicted molar refractivity (Wildman–Crippen MR) is 70.0 cm³/mol. The lowest BCUT2D eigenvalue weighted by molar-refractivity contribution is -0.158. The van der Waals surface area contributed by atoms with Crippen LogP contribution >= 0.6 is 0 Å². The number of hydrogen-bond donors (Lipinski definition) is 1. The highest BCUT2D eigenvalue weighted by Crippen LogP contribution is 2.47. The number of ether oxygens (including phenoxy) is 1. The van der Waals surface area contributed by atoms with E-state index in [1.54, 1.807) is 0 Å². The monoisotopic (exact) mass is 254 g/mol. The van der Waals surface area contributed by atoms with Gasteiger partial charge in [-0.2, -0.15) is 0 Å². The maximum Gasteiger partial charge on any atom is 0.309 e. The van der Waals surface area contributed by atoms with Gasteiger partial charge in [-0.1, -0.05) is 6.42 Å². The number of rotatable bonds is 2. The number of esters is 1. The minimum atomic E-state index is -0.584. The maximum atomic E-state index is 12.0. The van der Waals surface area contributed by atoms with E-state index in [0.717, 1.165) is 32.1 Å². The summed E-state index contributed by atoms with van der Waals surface area (Å²) in [5, 5.41) is 10.5. The SMILES string of the molecule is CC(C)OC(=O)C1CCC2CCCC(C)(O)C2C1. The second-order valence-corrected chi connectivity index (χ2v) is 6.61. The maximum absolute atomic E-state index is 12.0. The molecule has 4 atom stereocenters. The average Bonchev–Trinajstić information content (AvgIpc) is 2.27. The van der Waals surface area contributed by atoms with Gasteiger partial charge < -0.3 is 9.84 Å². The Labute approximate surface area is 110 Å². The van der Waals surface area contributed by atoms with Gasteiger partial charge in [0.15, 0.2) is 0 Å². The lowest BCUT2D eigenvalue weighted by atomic mass is 9.61. The zero-order chi connectivity index (χ0) is 13.3. The van der Waals surface area contributed by atoms with Gasteiger partial charge in [-0.25, -0.2) is 0 Å². The van der Waals surface area contributed by atoms with Crippen molar-refractivity contribution in [3.63, 3.8) is 0 Å². The smallest absolute Gasteiger partial charge is 0.309 e. The van der Waals surface area contributed by atoms with E-state index in [1.807, 2.05) is 20.8 Å². The molecule has 3 nitrogen and oxygen atoms in total. The fourth-order valence-electron chi connectivity index (χ4n) is 3.79. The molecule has 0 bridgehead atoms. The molecule has 0 radical (unpaired) electrons. The van der Waals surface area contributed by atoms with E-state index in [2.05, 4.69) is 0 Å². The number of fused-ring (bicyclic) bond motifs is 1. The van der Waals surface area contributed by atoms with Gasteiger partial charge in [-0.15, -0.1) is 0 Å². The molecule has 1 N–H and O–H groups in total. The fourth-order valence-corrected chi connectivity index (χ4v) is 3.79. The molecule has 0 aromatic heterocycles. The molecule has 4 unspecified atom stereocenters. The molecule has 18 heavy (non-hydrogen) atoms. The van der Waals surface area contributed by atoms with Gasteiger partial charge in [0.1, 0.15) is 0 Å². The van der Waals surface area contributed by atoms with Crippen LogP contribution in [0.15, 0.2) is 0 Å². The van der Waals surface area contributed by atoms with Crippen molar-refractivity contribution in [1.29, 1.82) is 0 Å². The van der Waals surface area contributed by atoms with Gasteiger partial charge in [0.25, 0.3) is 0 Å². The molecule has 2 aliphatic rings. The van der Waals surface area contributed by atoms with Gasteiger partial charge in [-0.05, 0) is 64.7 Å². The summed E-state index contributed by atoms with van der Waals surface area (Å²) in [5.74, 6) is 0.824. The summed E-state index contributed by atoms with van der Waals surface area (Å²) in [6.45, 7) is 5.72. The number of carbonyl (C=O) groups is 1. The van der Waals surface area contributed by atoms with E-state index in [0.29, 0.717) is 5.92 Å². The van der Waals surface area contributed by atoms with Crippen LogP contribution in [0.3, 0.4) is 0 Å². The quantitative estimate of drug-likeness (QED) is 0.771. The van der Waals surface area contributed by atoms with Gasteiger partial charge >= 0.3 is 5.97 Å². The van der Waals surface area contributed by atoms with E-state index < -0.39 is 5.60 Å². The van der Waals surface area contributed by atoms with Crippen molar-refractivity contribution in [1.82, 2.24) is 0 Å². The Bertz CT molecular complexity index is 309. The van der Waals surface area contributed by atoms with Crippen LogP contribution in [-0.2, 0) is 9.53 Å². The van der Waals surface area contributed by atoms with Crippen LogP contribution in [-0.4, -0.2) is 22.8 Å². The highest BCUT2D eigenvalue weighted by molar-refractivity contribution is 5.72. The summed E-state index contributed by atoms with van der Waals surface area (Å²) in [6.07, 6.45) is 5.98. The molecule has 2 saturated carbocycles. The average molecular weight is 254 g/mol. The summed E-state index contributed by atoms with van der Waals surface area (Å²) in [4.78, 5) is 12.0. The Morgan fingerprint density at radius 3 is 2.72 bits per heavy atom. The molecular weight excluding hydrogens is 228 g/mol. The molecule has 0 amide bonds. The molecule has 3 heteroatoms. The van der Waals surface area contributed by atoms with Crippen LogP contribution in [0.4, 0.5) is 0 Å². The molecule has 0 spiro atoms. The van der Waals surface area contributed by atoms with Crippen LogP contribution in [0.1, 0.15) is 59.3 Å². The standard InChI is InChI=1S/C15H26O3/c1-10(2)18-14(16)12-7-6-11-5-4-8-15(3,17)13(11)9-12/h10-13,17H,4-9H2,1-3H3. The van der Waals surface area contributed by atoms with Crippen molar-refractivity contribution in [2.45, 2.75) is 71.0 Å². The van der Waals surface area contributed by atoms with Gasteiger partial charge in [0, 0.05) is 0 Å². The lowest BCUT2D eigenvalue weighted by Gasteiger charge is -2.47. The van der Waals surface area contributed by atoms with Crippen molar-refractivity contribution in [3.8, 4) is 0 Å². The van der Waals surface area contributed by atoms with E-state index in [1.165, 1.54) is 6.42 Å². The molecular formula is C15H26O3. The Morgan fingerprint density at radius 1 is 1.33 bits per heavy atom. The number of aliphatic hydroxyl groups is 1. The first-order chi connectivity index (χ1) is 8.40. The van der Waals surface area contributed by atoms with Gasteiger partial charge in [0.05, 0.1) is 17.6 Å². The largest absolute Gasteiger partial charge is 0.463 e. The summed E-state index contributed by atoms with van der Waals surface area (Å²) in [7, 11) is 0. The Hall–Kier alpha value is -0.570. The van der Waals surface area contributed by atoms with Gasteiger partial charge in [0.2, 0.25) is 0 Å². The first-order valence-corrected chi connectivity index (χ1v) is 7.33. The van der Waals surface area contributed by atoms with E-state index >= 15 is 0 Å². The normalized spacial score (nSPS) is 40.4. The first kappa shape index (κ1) is 13.9. The predicted octanol–water partition coefficient (Wildman–Crippen LogP) is 2.91. The van der Waals surface area contributed by atoms with Gasteiger partial charge in [-0.3, -0.25) is 4.79 Å². The van der Waals surface area contributed by atoms with Crippen molar-refractivity contribution in [3.05, 3.63) is 0 Å². The Kier molecular flexibility index (Phi) is 4.00. The lowest BCUT2D eigenvalue weighted by Crippen LogP contribution is -2.47. The third kappa shape index (κ3) is 2.87. The first-order valence-electron chi connectivity index (χ1n) is 7.33.